The van der Waals surface area contributed by atoms with Crippen LogP contribution < -0.4 is 0 Å². The van der Waals surface area contributed by atoms with E-state index in [9.17, 15) is 8.42 Å². The van der Waals surface area contributed by atoms with Gasteiger partial charge in [0.15, 0.2) is 0 Å². The second kappa shape index (κ2) is 5.61. The Balaban J connectivity index is 1.80. The zero-order valence-electron chi connectivity index (χ0n) is 12.0. The highest BCUT2D eigenvalue weighted by atomic mass is 32.2. The summed E-state index contributed by atoms with van der Waals surface area (Å²) in [4.78, 5) is 7.69. The quantitative estimate of drug-likeness (QED) is 0.945. The van der Waals surface area contributed by atoms with Gasteiger partial charge in [0.25, 0.3) is 0 Å². The summed E-state index contributed by atoms with van der Waals surface area (Å²) in [5, 5.41) is 0. The Morgan fingerprint density at radius 3 is 2.48 bits per heavy atom. The van der Waals surface area contributed by atoms with Crippen molar-refractivity contribution in [2.75, 3.05) is 19.3 Å². The van der Waals surface area contributed by atoms with E-state index in [0.29, 0.717) is 19.0 Å². The maximum Gasteiger partial charge on any atom is 0.211 e. The average Bonchev–Trinajstić information content (AvgIpc) is 2.97. The molecular formula is C15H19N3O2S. The molecule has 2 heterocycles. The minimum atomic E-state index is -3.07. The molecule has 0 saturated carbocycles. The molecule has 0 unspecified atom stereocenters. The van der Waals surface area contributed by atoms with Gasteiger partial charge in [-0.1, -0.05) is 30.3 Å². The predicted octanol–water partition coefficient (Wildman–Crippen LogP) is 2.22. The van der Waals surface area contributed by atoms with Crippen LogP contribution in [0.3, 0.4) is 0 Å². The van der Waals surface area contributed by atoms with Crippen LogP contribution in [0.1, 0.15) is 24.5 Å². The van der Waals surface area contributed by atoms with Crippen molar-refractivity contribution in [2.24, 2.45) is 0 Å². The fourth-order valence-electron chi connectivity index (χ4n) is 2.92. The lowest BCUT2D eigenvalue weighted by Gasteiger charge is -2.30. The smallest absolute Gasteiger partial charge is 0.211 e. The van der Waals surface area contributed by atoms with Crippen LogP contribution in [0.2, 0.25) is 0 Å². The maximum atomic E-state index is 11.6. The number of nitrogens with one attached hydrogen (secondary N) is 1. The van der Waals surface area contributed by atoms with Gasteiger partial charge in [0.1, 0.15) is 0 Å². The molecule has 1 fully saturated rings. The summed E-state index contributed by atoms with van der Waals surface area (Å²) in [6.45, 7) is 1.16. The summed E-state index contributed by atoms with van der Waals surface area (Å²) in [6.07, 6.45) is 4.66. The van der Waals surface area contributed by atoms with Crippen molar-refractivity contribution in [1.82, 2.24) is 14.3 Å². The van der Waals surface area contributed by atoms with E-state index in [1.54, 1.807) is 10.6 Å². The summed E-state index contributed by atoms with van der Waals surface area (Å²) in [5.74, 6) is 0.334. The van der Waals surface area contributed by atoms with Crippen molar-refractivity contribution < 1.29 is 8.42 Å². The molecule has 1 aromatic heterocycles. The number of aromatic amines is 1. The zero-order valence-corrected chi connectivity index (χ0v) is 12.8. The van der Waals surface area contributed by atoms with E-state index in [4.69, 9.17) is 0 Å². The molecular weight excluding hydrogens is 286 g/mol. The van der Waals surface area contributed by atoms with Crippen molar-refractivity contribution in [2.45, 2.75) is 18.8 Å². The summed E-state index contributed by atoms with van der Waals surface area (Å²) < 4.78 is 24.7. The second-order valence-electron chi connectivity index (χ2n) is 5.47. The third-order valence-corrected chi connectivity index (χ3v) is 5.35. The number of sulfonamides is 1. The van der Waals surface area contributed by atoms with E-state index in [-0.39, 0.29) is 0 Å². The summed E-state index contributed by atoms with van der Waals surface area (Å²) in [7, 11) is -3.07. The Morgan fingerprint density at radius 1 is 1.19 bits per heavy atom. The van der Waals surface area contributed by atoms with Crippen LogP contribution in [-0.2, 0) is 10.0 Å². The van der Waals surface area contributed by atoms with Gasteiger partial charge in [0, 0.05) is 30.3 Å². The monoisotopic (exact) mass is 305 g/mol. The molecule has 1 aliphatic rings. The van der Waals surface area contributed by atoms with Crippen LogP contribution >= 0.6 is 0 Å². The van der Waals surface area contributed by atoms with Gasteiger partial charge in [0.2, 0.25) is 10.0 Å². The Hall–Kier alpha value is -1.66. The SMILES string of the molecule is CS(=O)(=O)N1CCC(c2[nH]cnc2-c2ccccc2)CC1. The Bertz CT molecular complexity index is 702. The fourth-order valence-corrected chi connectivity index (χ4v) is 3.79. The first-order valence-corrected chi connectivity index (χ1v) is 8.94. The maximum absolute atomic E-state index is 11.6. The normalized spacial score (nSPS) is 18.0. The van der Waals surface area contributed by atoms with Crippen LogP contribution in [0.25, 0.3) is 11.3 Å². The number of aromatic nitrogens is 2. The standard InChI is InChI=1S/C15H19N3O2S/c1-21(19,20)18-9-7-13(8-10-18)15-14(16-11-17-15)12-5-3-2-4-6-12/h2-6,11,13H,7-10H2,1H3,(H,16,17). The van der Waals surface area contributed by atoms with Crippen LogP contribution in [0.5, 0.6) is 0 Å². The molecule has 21 heavy (non-hydrogen) atoms. The van der Waals surface area contributed by atoms with Gasteiger partial charge in [-0.3, -0.25) is 0 Å². The molecule has 0 atom stereocenters. The van der Waals surface area contributed by atoms with Gasteiger partial charge in [0.05, 0.1) is 18.3 Å². The number of rotatable bonds is 3. The minimum Gasteiger partial charge on any atom is -0.348 e. The van der Waals surface area contributed by atoms with E-state index in [1.807, 2.05) is 30.3 Å². The predicted molar refractivity (Wildman–Crippen MR) is 82.4 cm³/mol. The molecule has 112 valence electrons. The minimum absolute atomic E-state index is 0.334. The molecule has 0 aliphatic carbocycles. The third-order valence-electron chi connectivity index (χ3n) is 4.05. The number of piperidine rings is 1. The largest absolute Gasteiger partial charge is 0.348 e. The van der Waals surface area contributed by atoms with E-state index >= 15 is 0 Å². The molecule has 0 radical (unpaired) electrons. The van der Waals surface area contributed by atoms with Gasteiger partial charge in [-0.25, -0.2) is 17.7 Å². The van der Waals surface area contributed by atoms with Gasteiger partial charge in [-0.05, 0) is 12.8 Å². The van der Waals surface area contributed by atoms with Crippen molar-refractivity contribution in [3.05, 3.63) is 42.4 Å². The number of hydrogen-bond acceptors (Lipinski definition) is 3. The first-order chi connectivity index (χ1) is 10.1. The number of H-pyrrole nitrogens is 1. The van der Waals surface area contributed by atoms with E-state index < -0.39 is 10.0 Å². The third kappa shape index (κ3) is 3.01. The van der Waals surface area contributed by atoms with Gasteiger partial charge >= 0.3 is 0 Å². The number of imidazole rings is 1. The van der Waals surface area contributed by atoms with Crippen molar-refractivity contribution in [1.29, 1.82) is 0 Å². The number of benzene rings is 1. The summed E-state index contributed by atoms with van der Waals surface area (Å²) >= 11 is 0. The lowest BCUT2D eigenvalue weighted by Crippen LogP contribution is -2.37. The average molecular weight is 305 g/mol. The molecule has 3 rings (SSSR count). The Morgan fingerprint density at radius 2 is 1.86 bits per heavy atom. The topological polar surface area (TPSA) is 66.1 Å². The molecule has 1 saturated heterocycles. The van der Waals surface area contributed by atoms with Crippen molar-refractivity contribution in [3.63, 3.8) is 0 Å². The van der Waals surface area contributed by atoms with E-state index in [2.05, 4.69) is 9.97 Å². The molecule has 0 bridgehead atoms. The number of nitrogens with zero attached hydrogens (tertiary/aromatic N) is 2. The Kier molecular flexibility index (Phi) is 3.82. The van der Waals surface area contributed by atoms with Crippen LogP contribution in [0.4, 0.5) is 0 Å². The van der Waals surface area contributed by atoms with Gasteiger partial charge < -0.3 is 4.98 Å². The Labute approximate surface area is 125 Å². The molecule has 0 amide bonds. The molecule has 1 N–H and O–H groups in total. The van der Waals surface area contributed by atoms with Crippen LogP contribution in [0, 0.1) is 0 Å². The van der Waals surface area contributed by atoms with Gasteiger partial charge in [-0.2, -0.15) is 0 Å². The second-order valence-corrected chi connectivity index (χ2v) is 7.45. The molecule has 6 heteroatoms. The molecule has 0 spiro atoms. The first kappa shape index (κ1) is 14.3. The fraction of sp³-hybridized carbons (Fsp3) is 0.400. The summed E-state index contributed by atoms with van der Waals surface area (Å²) in [6, 6.07) is 10.1. The number of hydrogen-bond donors (Lipinski definition) is 1. The lowest BCUT2D eigenvalue weighted by molar-refractivity contribution is 0.319. The van der Waals surface area contributed by atoms with E-state index in [0.717, 1.165) is 29.8 Å². The highest BCUT2D eigenvalue weighted by Crippen LogP contribution is 2.33. The zero-order chi connectivity index (χ0) is 14.9. The molecule has 1 aliphatic heterocycles. The van der Waals surface area contributed by atoms with Crippen LogP contribution in [0.15, 0.2) is 36.7 Å². The first-order valence-electron chi connectivity index (χ1n) is 7.09. The van der Waals surface area contributed by atoms with Crippen molar-refractivity contribution >= 4 is 10.0 Å². The lowest BCUT2D eigenvalue weighted by atomic mass is 9.92. The van der Waals surface area contributed by atoms with E-state index in [1.165, 1.54) is 6.26 Å². The van der Waals surface area contributed by atoms with Crippen LogP contribution in [-0.4, -0.2) is 42.0 Å². The highest BCUT2D eigenvalue weighted by molar-refractivity contribution is 7.88. The molecule has 5 nitrogen and oxygen atoms in total. The molecule has 2 aromatic rings. The summed E-state index contributed by atoms with van der Waals surface area (Å²) in [5.41, 5.74) is 3.20. The van der Waals surface area contributed by atoms with Gasteiger partial charge in [-0.15, -0.1) is 0 Å². The molecule has 1 aromatic carbocycles. The highest BCUT2D eigenvalue weighted by Gasteiger charge is 2.28. The van der Waals surface area contributed by atoms with Crippen molar-refractivity contribution in [3.8, 4) is 11.3 Å².